The molecule has 1 aliphatic rings. The topological polar surface area (TPSA) is 84.2 Å². The Morgan fingerprint density at radius 3 is 2.57 bits per heavy atom. The van der Waals surface area contributed by atoms with Gasteiger partial charge < -0.3 is 10.4 Å². The zero-order chi connectivity index (χ0) is 16.2. The first-order valence-electron chi connectivity index (χ1n) is 7.75. The van der Waals surface area contributed by atoms with Crippen LogP contribution in [0.2, 0.25) is 0 Å². The number of aromatic nitrogens is 2. The molecule has 3 rings (SSSR count). The average Bonchev–Trinajstić information content (AvgIpc) is 2.95. The first-order chi connectivity index (χ1) is 11.1. The van der Waals surface area contributed by atoms with Crippen LogP contribution in [0.5, 0.6) is 0 Å². The summed E-state index contributed by atoms with van der Waals surface area (Å²) in [6, 6.07) is 11.7. The highest BCUT2D eigenvalue weighted by Gasteiger charge is 2.41. The molecule has 2 N–H and O–H groups in total. The second-order valence-electron chi connectivity index (χ2n) is 5.76. The lowest BCUT2D eigenvalue weighted by Crippen LogP contribution is -2.44. The molecule has 2 atom stereocenters. The molecule has 2 aromatic rings. The molecule has 120 valence electrons. The van der Waals surface area contributed by atoms with Crippen LogP contribution in [0.3, 0.4) is 0 Å². The van der Waals surface area contributed by atoms with Gasteiger partial charge in [0, 0.05) is 19.2 Å². The minimum atomic E-state index is -0.877. The van der Waals surface area contributed by atoms with Crippen LogP contribution >= 0.6 is 0 Å². The Bertz CT molecular complexity index is 696. The van der Waals surface area contributed by atoms with Gasteiger partial charge in [0.05, 0.1) is 23.2 Å². The lowest BCUT2D eigenvalue weighted by Gasteiger charge is -2.31. The number of carboxylic acids is 1. The molecule has 0 bridgehead atoms. The Morgan fingerprint density at radius 1 is 1.17 bits per heavy atom. The maximum Gasteiger partial charge on any atom is 0.307 e. The molecule has 6 heteroatoms. The van der Waals surface area contributed by atoms with E-state index in [2.05, 4.69) is 10.4 Å². The summed E-state index contributed by atoms with van der Waals surface area (Å²) in [4.78, 5) is 22.9. The highest BCUT2D eigenvalue weighted by Crippen LogP contribution is 2.34. The van der Waals surface area contributed by atoms with E-state index in [9.17, 15) is 9.59 Å². The summed E-state index contributed by atoms with van der Waals surface area (Å²) < 4.78 is 1.80. The highest BCUT2D eigenvalue weighted by atomic mass is 16.4. The van der Waals surface area contributed by atoms with E-state index >= 15 is 0 Å². The number of para-hydroxylation sites is 1. The van der Waals surface area contributed by atoms with E-state index in [0.29, 0.717) is 25.8 Å². The van der Waals surface area contributed by atoms with Crippen molar-refractivity contribution in [2.45, 2.75) is 19.3 Å². The van der Waals surface area contributed by atoms with Crippen molar-refractivity contribution >= 4 is 11.9 Å². The second-order valence-corrected chi connectivity index (χ2v) is 5.76. The lowest BCUT2D eigenvalue weighted by atomic mass is 9.73. The fraction of sp³-hybridized carbons (Fsp3) is 0.353. The van der Waals surface area contributed by atoms with Gasteiger partial charge >= 0.3 is 5.97 Å². The number of hydrogen-bond donors (Lipinski definition) is 2. The van der Waals surface area contributed by atoms with Crippen LogP contribution < -0.4 is 5.32 Å². The van der Waals surface area contributed by atoms with Gasteiger partial charge in [0.2, 0.25) is 5.91 Å². The Morgan fingerprint density at radius 2 is 1.91 bits per heavy atom. The monoisotopic (exact) mass is 313 g/mol. The fourth-order valence-corrected chi connectivity index (χ4v) is 2.77. The third-order valence-electron chi connectivity index (χ3n) is 4.27. The van der Waals surface area contributed by atoms with Crippen molar-refractivity contribution < 1.29 is 14.7 Å². The molecule has 0 radical (unpaired) electrons. The van der Waals surface area contributed by atoms with E-state index in [1.807, 2.05) is 42.6 Å². The summed E-state index contributed by atoms with van der Waals surface area (Å²) in [5.41, 5.74) is 1.87. The molecule has 1 aromatic carbocycles. The molecule has 0 aliphatic heterocycles. The van der Waals surface area contributed by atoms with Gasteiger partial charge in [0.25, 0.3) is 0 Å². The van der Waals surface area contributed by atoms with Gasteiger partial charge in [-0.3, -0.25) is 9.59 Å². The van der Waals surface area contributed by atoms with E-state index in [0.717, 1.165) is 11.4 Å². The van der Waals surface area contributed by atoms with Crippen LogP contribution in [-0.2, 0) is 16.0 Å². The number of carbonyl (C=O) groups excluding carboxylic acids is 1. The molecule has 0 saturated heterocycles. The zero-order valence-electron chi connectivity index (χ0n) is 12.7. The van der Waals surface area contributed by atoms with Gasteiger partial charge in [0.1, 0.15) is 0 Å². The largest absolute Gasteiger partial charge is 0.481 e. The number of benzene rings is 1. The number of hydrogen-bond acceptors (Lipinski definition) is 3. The third-order valence-corrected chi connectivity index (χ3v) is 4.27. The number of nitrogens with zero attached hydrogens (tertiary/aromatic N) is 2. The Labute approximate surface area is 134 Å². The average molecular weight is 313 g/mol. The normalized spacial score (nSPS) is 19.8. The van der Waals surface area contributed by atoms with Gasteiger partial charge in [0.15, 0.2) is 0 Å². The van der Waals surface area contributed by atoms with E-state index in [1.54, 1.807) is 4.68 Å². The van der Waals surface area contributed by atoms with Crippen molar-refractivity contribution in [1.82, 2.24) is 15.1 Å². The van der Waals surface area contributed by atoms with Crippen LogP contribution in [0.25, 0.3) is 5.69 Å². The summed E-state index contributed by atoms with van der Waals surface area (Å²) in [6.07, 6.45) is 3.76. The van der Waals surface area contributed by atoms with E-state index in [-0.39, 0.29) is 11.8 Å². The first-order valence-corrected chi connectivity index (χ1v) is 7.75. The second kappa shape index (κ2) is 6.64. The number of aliphatic carboxylic acids is 1. The van der Waals surface area contributed by atoms with Crippen LogP contribution in [0.4, 0.5) is 0 Å². The molecule has 0 spiro atoms. The van der Waals surface area contributed by atoms with Gasteiger partial charge in [-0.15, -0.1) is 0 Å². The predicted octanol–water partition coefficient (Wildman–Crippen LogP) is 1.64. The van der Waals surface area contributed by atoms with Crippen molar-refractivity contribution in [1.29, 1.82) is 0 Å². The Hall–Kier alpha value is -2.63. The molecule has 6 nitrogen and oxygen atoms in total. The minimum Gasteiger partial charge on any atom is -0.481 e. The first kappa shape index (κ1) is 15.3. The van der Waals surface area contributed by atoms with Crippen LogP contribution in [0.1, 0.15) is 18.5 Å². The van der Waals surface area contributed by atoms with Gasteiger partial charge in [-0.2, -0.15) is 5.10 Å². The number of rotatable bonds is 6. The lowest BCUT2D eigenvalue weighted by molar-refractivity contribution is -0.152. The van der Waals surface area contributed by atoms with E-state index in [4.69, 9.17) is 5.11 Å². The van der Waals surface area contributed by atoms with Crippen molar-refractivity contribution in [3.63, 3.8) is 0 Å². The SMILES string of the molecule is O=C(O)C1CCC1C(=O)NCCc1ccn(-c2ccccc2)n1. The van der Waals surface area contributed by atoms with Crippen LogP contribution in [0, 0.1) is 11.8 Å². The Kier molecular flexibility index (Phi) is 4.41. The molecule has 1 aliphatic carbocycles. The molecule has 23 heavy (non-hydrogen) atoms. The highest BCUT2D eigenvalue weighted by molar-refractivity contribution is 5.86. The van der Waals surface area contributed by atoms with Crippen LogP contribution in [-0.4, -0.2) is 33.3 Å². The molecule has 1 saturated carbocycles. The molecular weight excluding hydrogens is 294 g/mol. The molecule has 1 aromatic heterocycles. The summed E-state index contributed by atoms with van der Waals surface area (Å²) >= 11 is 0. The van der Waals surface area contributed by atoms with Crippen molar-refractivity contribution in [2.75, 3.05) is 6.54 Å². The van der Waals surface area contributed by atoms with Gasteiger partial charge in [-0.25, -0.2) is 4.68 Å². The maximum absolute atomic E-state index is 12.0. The number of carbonyl (C=O) groups is 2. The molecule has 1 heterocycles. The third kappa shape index (κ3) is 3.41. The van der Waals surface area contributed by atoms with E-state index in [1.165, 1.54) is 0 Å². The quantitative estimate of drug-likeness (QED) is 0.849. The van der Waals surface area contributed by atoms with Crippen molar-refractivity contribution in [2.24, 2.45) is 11.8 Å². The van der Waals surface area contributed by atoms with Crippen molar-refractivity contribution in [3.05, 3.63) is 48.3 Å². The number of carboxylic acid groups (broad SMARTS) is 1. The molecule has 1 amide bonds. The smallest absolute Gasteiger partial charge is 0.307 e. The number of nitrogens with one attached hydrogen (secondary N) is 1. The summed E-state index contributed by atoms with van der Waals surface area (Å²) in [5.74, 6) is -1.94. The molecule has 2 unspecified atom stereocenters. The minimum absolute atomic E-state index is 0.161. The van der Waals surface area contributed by atoms with Gasteiger partial charge in [-0.05, 0) is 31.0 Å². The summed E-state index contributed by atoms with van der Waals surface area (Å²) in [7, 11) is 0. The summed E-state index contributed by atoms with van der Waals surface area (Å²) in [5, 5.41) is 16.3. The Balaban J connectivity index is 1.49. The fourth-order valence-electron chi connectivity index (χ4n) is 2.77. The molecule has 1 fully saturated rings. The van der Waals surface area contributed by atoms with Crippen LogP contribution in [0.15, 0.2) is 42.6 Å². The maximum atomic E-state index is 12.0. The van der Waals surface area contributed by atoms with Crippen molar-refractivity contribution in [3.8, 4) is 5.69 Å². The summed E-state index contributed by atoms with van der Waals surface area (Å²) in [6.45, 7) is 0.466. The van der Waals surface area contributed by atoms with Gasteiger partial charge in [-0.1, -0.05) is 18.2 Å². The standard InChI is InChI=1S/C17H19N3O3/c21-16(14-6-7-15(14)17(22)23)18-10-8-12-9-11-20(19-12)13-4-2-1-3-5-13/h1-5,9,11,14-15H,6-8,10H2,(H,18,21)(H,22,23). The molecular formula is C17H19N3O3. The number of amides is 1. The zero-order valence-corrected chi connectivity index (χ0v) is 12.7. The van der Waals surface area contributed by atoms with E-state index < -0.39 is 11.9 Å². The predicted molar refractivity (Wildman–Crippen MR) is 84.1 cm³/mol.